The normalized spacial score (nSPS) is 12.9. The first-order valence-electron chi connectivity index (χ1n) is 5.82. The lowest BCUT2D eigenvalue weighted by molar-refractivity contribution is 0.554. The second kappa shape index (κ2) is 5.85. The van der Waals surface area contributed by atoms with E-state index in [2.05, 4.69) is 69.4 Å². The zero-order valence-corrected chi connectivity index (χ0v) is 12.5. The molecule has 2 rings (SSSR count). The van der Waals surface area contributed by atoms with Crippen LogP contribution in [-0.4, -0.2) is 11.1 Å². The molecule has 0 fully saturated rings. The number of halogens is 1. The lowest BCUT2D eigenvalue weighted by Gasteiger charge is -2.15. The van der Waals surface area contributed by atoms with Crippen molar-refractivity contribution in [1.29, 1.82) is 0 Å². The van der Waals surface area contributed by atoms with Crippen LogP contribution in [0.5, 0.6) is 0 Å². The molecule has 0 saturated heterocycles. The van der Waals surface area contributed by atoms with Crippen LogP contribution in [0.15, 0.2) is 34.2 Å². The largest absolute Gasteiger partial charge is 0.345 e. The summed E-state index contributed by atoms with van der Waals surface area (Å²) >= 11 is 5.29. The summed E-state index contributed by atoms with van der Waals surface area (Å²) in [5.41, 5.74) is 1.34. The number of rotatable bonds is 5. The number of nitrogens with one attached hydrogen (secondary N) is 1. The standard InChI is InChI=1S/C13H17BrN2S/c1-3-15-10(2)13-5-4-6-16(13)8-12-7-11(14)9-17-12/h4-7,9-10,15H,3,8H2,1-2H3. The van der Waals surface area contributed by atoms with Crippen LogP contribution >= 0.6 is 27.3 Å². The molecule has 4 heteroatoms. The molecule has 1 atom stereocenters. The molecule has 0 aliphatic rings. The van der Waals surface area contributed by atoms with Gasteiger partial charge in [-0.05, 0) is 47.6 Å². The minimum atomic E-state index is 0.401. The van der Waals surface area contributed by atoms with Gasteiger partial charge in [-0.3, -0.25) is 0 Å². The number of hydrogen-bond acceptors (Lipinski definition) is 2. The fourth-order valence-electron chi connectivity index (χ4n) is 1.98. The van der Waals surface area contributed by atoms with Crippen molar-refractivity contribution in [1.82, 2.24) is 9.88 Å². The van der Waals surface area contributed by atoms with Gasteiger partial charge in [0.25, 0.3) is 0 Å². The van der Waals surface area contributed by atoms with E-state index in [1.165, 1.54) is 15.0 Å². The van der Waals surface area contributed by atoms with Gasteiger partial charge in [0, 0.05) is 32.7 Å². The highest BCUT2D eigenvalue weighted by atomic mass is 79.9. The van der Waals surface area contributed by atoms with Crippen molar-refractivity contribution < 1.29 is 0 Å². The summed E-state index contributed by atoms with van der Waals surface area (Å²) < 4.78 is 3.48. The first kappa shape index (κ1) is 12.9. The first-order valence-corrected chi connectivity index (χ1v) is 7.49. The van der Waals surface area contributed by atoms with Crippen molar-refractivity contribution in [2.45, 2.75) is 26.4 Å². The molecular weight excluding hydrogens is 296 g/mol. The van der Waals surface area contributed by atoms with Crippen molar-refractivity contribution in [2.24, 2.45) is 0 Å². The number of thiophene rings is 1. The smallest absolute Gasteiger partial charge is 0.0567 e. The highest BCUT2D eigenvalue weighted by Gasteiger charge is 2.09. The van der Waals surface area contributed by atoms with E-state index in [0.717, 1.165) is 13.1 Å². The molecule has 0 bridgehead atoms. The molecule has 0 aliphatic carbocycles. The molecule has 2 heterocycles. The minimum absolute atomic E-state index is 0.401. The van der Waals surface area contributed by atoms with Gasteiger partial charge in [-0.25, -0.2) is 0 Å². The fraction of sp³-hybridized carbons (Fsp3) is 0.385. The summed E-state index contributed by atoms with van der Waals surface area (Å²) in [5, 5.41) is 5.58. The molecule has 17 heavy (non-hydrogen) atoms. The van der Waals surface area contributed by atoms with Crippen LogP contribution in [0.2, 0.25) is 0 Å². The highest BCUT2D eigenvalue weighted by molar-refractivity contribution is 9.10. The van der Waals surface area contributed by atoms with Gasteiger partial charge in [0.15, 0.2) is 0 Å². The maximum atomic E-state index is 3.50. The Morgan fingerprint density at radius 3 is 3.00 bits per heavy atom. The van der Waals surface area contributed by atoms with Crippen LogP contribution in [0.4, 0.5) is 0 Å². The molecule has 0 amide bonds. The maximum absolute atomic E-state index is 3.50. The molecule has 92 valence electrons. The summed E-state index contributed by atoms with van der Waals surface area (Å²) in [6, 6.07) is 6.90. The van der Waals surface area contributed by atoms with Gasteiger partial charge >= 0.3 is 0 Å². The third kappa shape index (κ3) is 3.21. The quantitative estimate of drug-likeness (QED) is 0.882. The van der Waals surface area contributed by atoms with Gasteiger partial charge in [0.05, 0.1) is 6.54 Å². The van der Waals surface area contributed by atoms with Crippen LogP contribution in [0.1, 0.15) is 30.5 Å². The lowest BCUT2D eigenvalue weighted by Crippen LogP contribution is -2.20. The Kier molecular flexibility index (Phi) is 4.42. The molecule has 0 saturated carbocycles. The van der Waals surface area contributed by atoms with Gasteiger partial charge < -0.3 is 9.88 Å². The molecule has 1 N–H and O–H groups in total. The molecule has 2 aromatic heterocycles. The van der Waals surface area contributed by atoms with Crippen molar-refractivity contribution in [2.75, 3.05) is 6.54 Å². The average Bonchev–Trinajstić information content (AvgIpc) is 2.89. The average molecular weight is 313 g/mol. The highest BCUT2D eigenvalue weighted by Crippen LogP contribution is 2.22. The van der Waals surface area contributed by atoms with Gasteiger partial charge in [0.1, 0.15) is 0 Å². The third-order valence-electron chi connectivity index (χ3n) is 2.77. The second-order valence-electron chi connectivity index (χ2n) is 4.07. The van der Waals surface area contributed by atoms with Crippen molar-refractivity contribution in [3.8, 4) is 0 Å². The van der Waals surface area contributed by atoms with Gasteiger partial charge in [0.2, 0.25) is 0 Å². The molecule has 0 aliphatic heterocycles. The molecule has 0 aromatic carbocycles. The van der Waals surface area contributed by atoms with E-state index in [4.69, 9.17) is 0 Å². The zero-order chi connectivity index (χ0) is 12.3. The fourth-order valence-corrected chi connectivity index (χ4v) is 3.43. The summed E-state index contributed by atoms with van der Waals surface area (Å²) in [5.74, 6) is 0. The summed E-state index contributed by atoms with van der Waals surface area (Å²) in [6.07, 6.45) is 2.15. The Balaban J connectivity index is 2.13. The van der Waals surface area contributed by atoms with Crippen molar-refractivity contribution >= 4 is 27.3 Å². The number of nitrogens with zero attached hydrogens (tertiary/aromatic N) is 1. The monoisotopic (exact) mass is 312 g/mol. The van der Waals surface area contributed by atoms with E-state index < -0.39 is 0 Å². The van der Waals surface area contributed by atoms with E-state index in [0.29, 0.717) is 6.04 Å². The van der Waals surface area contributed by atoms with E-state index in [-0.39, 0.29) is 0 Å². The van der Waals surface area contributed by atoms with Crippen molar-refractivity contribution in [3.63, 3.8) is 0 Å². The third-order valence-corrected chi connectivity index (χ3v) is 4.45. The molecule has 0 radical (unpaired) electrons. The molecule has 2 nitrogen and oxygen atoms in total. The van der Waals surface area contributed by atoms with E-state index in [1.54, 1.807) is 11.3 Å². The van der Waals surface area contributed by atoms with Gasteiger partial charge in [-0.2, -0.15) is 0 Å². The first-order chi connectivity index (χ1) is 8.20. The predicted octanol–water partition coefficient (Wildman–Crippen LogP) is 4.03. The van der Waals surface area contributed by atoms with Crippen LogP contribution in [0.25, 0.3) is 0 Å². The molecule has 0 spiro atoms. The number of aromatic nitrogens is 1. The Morgan fingerprint density at radius 1 is 1.53 bits per heavy atom. The maximum Gasteiger partial charge on any atom is 0.0567 e. The molecule has 2 aromatic rings. The predicted molar refractivity (Wildman–Crippen MR) is 77.6 cm³/mol. The van der Waals surface area contributed by atoms with E-state index >= 15 is 0 Å². The summed E-state index contributed by atoms with van der Waals surface area (Å²) in [6.45, 7) is 6.30. The van der Waals surface area contributed by atoms with Gasteiger partial charge in [-0.1, -0.05) is 6.92 Å². The zero-order valence-electron chi connectivity index (χ0n) is 10.1. The summed E-state index contributed by atoms with van der Waals surface area (Å²) in [7, 11) is 0. The topological polar surface area (TPSA) is 17.0 Å². The van der Waals surface area contributed by atoms with Crippen LogP contribution in [0, 0.1) is 0 Å². The Morgan fingerprint density at radius 2 is 2.35 bits per heavy atom. The Bertz CT molecular complexity index is 475. The summed E-state index contributed by atoms with van der Waals surface area (Å²) in [4.78, 5) is 1.37. The van der Waals surface area contributed by atoms with Crippen molar-refractivity contribution in [3.05, 3.63) is 44.8 Å². The SMILES string of the molecule is CCNC(C)c1cccn1Cc1cc(Br)cs1. The molecule has 1 unspecified atom stereocenters. The van der Waals surface area contributed by atoms with Gasteiger partial charge in [-0.15, -0.1) is 11.3 Å². The lowest BCUT2D eigenvalue weighted by atomic mass is 10.2. The Labute approximate surface area is 115 Å². The minimum Gasteiger partial charge on any atom is -0.345 e. The van der Waals surface area contributed by atoms with Crippen LogP contribution in [0.3, 0.4) is 0 Å². The number of hydrogen-bond donors (Lipinski definition) is 1. The second-order valence-corrected chi connectivity index (χ2v) is 5.98. The van der Waals surface area contributed by atoms with E-state index in [9.17, 15) is 0 Å². The Hall–Kier alpha value is -0.580. The van der Waals surface area contributed by atoms with E-state index in [1.807, 2.05) is 0 Å². The van der Waals surface area contributed by atoms with Crippen LogP contribution < -0.4 is 5.32 Å². The van der Waals surface area contributed by atoms with Crippen LogP contribution in [-0.2, 0) is 6.54 Å². The molecular formula is C13H17BrN2S.